The average molecular weight is 291 g/mol. The van der Waals surface area contributed by atoms with Gasteiger partial charge in [-0.1, -0.05) is 51.1 Å². The van der Waals surface area contributed by atoms with E-state index in [9.17, 15) is 5.11 Å². The van der Waals surface area contributed by atoms with Crippen molar-refractivity contribution in [2.24, 2.45) is 5.41 Å². The average Bonchev–Trinajstić information content (AvgIpc) is 2.40. The van der Waals surface area contributed by atoms with Gasteiger partial charge in [0.25, 0.3) is 0 Å². The molecule has 1 aliphatic rings. The molecule has 3 heteroatoms. The van der Waals surface area contributed by atoms with Crippen molar-refractivity contribution in [3.05, 3.63) is 35.9 Å². The molecule has 0 spiro atoms. The molecule has 1 heterocycles. The molecule has 1 fully saturated rings. The predicted molar refractivity (Wildman–Crippen MR) is 86.1 cm³/mol. The molecule has 1 aliphatic heterocycles. The Bertz CT molecular complexity index is 450. The topological polar surface area (TPSA) is 32.7 Å². The van der Waals surface area contributed by atoms with Gasteiger partial charge in [0.1, 0.15) is 0 Å². The van der Waals surface area contributed by atoms with Crippen molar-refractivity contribution in [2.75, 3.05) is 13.2 Å². The first-order valence-corrected chi connectivity index (χ1v) is 7.79. The maximum absolute atomic E-state index is 10.5. The van der Waals surface area contributed by atoms with Crippen LogP contribution in [0.2, 0.25) is 0 Å². The minimum absolute atomic E-state index is 0.00997. The second-order valence-electron chi connectivity index (χ2n) is 7.84. The van der Waals surface area contributed by atoms with Crippen LogP contribution in [0, 0.1) is 5.41 Å². The Kier molecular flexibility index (Phi) is 4.76. The fourth-order valence-electron chi connectivity index (χ4n) is 2.75. The van der Waals surface area contributed by atoms with Crippen molar-refractivity contribution in [3.8, 4) is 0 Å². The van der Waals surface area contributed by atoms with Crippen LogP contribution < -0.4 is 0 Å². The highest BCUT2D eigenvalue weighted by Gasteiger charge is 2.40. The van der Waals surface area contributed by atoms with E-state index in [1.54, 1.807) is 0 Å². The van der Waals surface area contributed by atoms with E-state index in [4.69, 9.17) is 4.74 Å². The SMILES string of the molecule is CC(C)(C)C(O)[C@@H]1CN(Cc2ccccc2)C(C)(C)CO1. The lowest BCUT2D eigenvalue weighted by atomic mass is 9.84. The summed E-state index contributed by atoms with van der Waals surface area (Å²) >= 11 is 0. The van der Waals surface area contributed by atoms with E-state index < -0.39 is 6.10 Å². The fourth-order valence-corrected chi connectivity index (χ4v) is 2.75. The van der Waals surface area contributed by atoms with Crippen LogP contribution in [0.25, 0.3) is 0 Å². The summed E-state index contributed by atoms with van der Waals surface area (Å²) in [7, 11) is 0. The van der Waals surface area contributed by atoms with E-state index in [2.05, 4.69) is 63.8 Å². The quantitative estimate of drug-likeness (QED) is 0.929. The molecule has 3 nitrogen and oxygen atoms in total. The maximum Gasteiger partial charge on any atom is 0.0966 e. The Balaban J connectivity index is 2.10. The fraction of sp³-hybridized carbons (Fsp3) is 0.667. The number of ether oxygens (including phenoxy) is 1. The van der Waals surface area contributed by atoms with Gasteiger partial charge in [-0.25, -0.2) is 0 Å². The molecule has 2 atom stereocenters. The monoisotopic (exact) mass is 291 g/mol. The van der Waals surface area contributed by atoms with E-state index in [1.165, 1.54) is 5.56 Å². The second kappa shape index (κ2) is 6.07. The van der Waals surface area contributed by atoms with E-state index in [0.29, 0.717) is 6.61 Å². The van der Waals surface area contributed by atoms with Crippen LogP contribution >= 0.6 is 0 Å². The van der Waals surface area contributed by atoms with Crippen LogP contribution in [0.15, 0.2) is 30.3 Å². The summed E-state index contributed by atoms with van der Waals surface area (Å²) in [4.78, 5) is 2.42. The molecule has 0 aliphatic carbocycles. The first-order chi connectivity index (χ1) is 9.70. The molecule has 1 N–H and O–H groups in total. The van der Waals surface area contributed by atoms with Crippen molar-refractivity contribution in [1.29, 1.82) is 0 Å². The van der Waals surface area contributed by atoms with Gasteiger partial charge in [0, 0.05) is 18.6 Å². The summed E-state index contributed by atoms with van der Waals surface area (Å²) in [6.45, 7) is 12.9. The standard InChI is InChI=1S/C18H29NO2/c1-17(2,3)16(20)15-12-19(18(4,5)13-21-15)11-14-9-7-6-8-10-14/h6-10,15-16,20H,11-13H2,1-5H3/t15-,16?/m0/s1. The highest BCUT2D eigenvalue weighted by Crippen LogP contribution is 2.30. The van der Waals surface area contributed by atoms with Crippen molar-refractivity contribution in [1.82, 2.24) is 4.90 Å². The van der Waals surface area contributed by atoms with Gasteiger partial charge in [-0.3, -0.25) is 4.90 Å². The molecular formula is C18H29NO2. The van der Waals surface area contributed by atoms with Crippen LogP contribution in [0.3, 0.4) is 0 Å². The second-order valence-corrected chi connectivity index (χ2v) is 7.84. The molecule has 0 radical (unpaired) electrons. The van der Waals surface area contributed by atoms with E-state index in [-0.39, 0.29) is 17.1 Å². The van der Waals surface area contributed by atoms with Crippen LogP contribution in [0.4, 0.5) is 0 Å². The lowest BCUT2D eigenvalue weighted by Gasteiger charge is -2.48. The van der Waals surface area contributed by atoms with Gasteiger partial charge in [0.15, 0.2) is 0 Å². The largest absolute Gasteiger partial charge is 0.390 e. The van der Waals surface area contributed by atoms with Gasteiger partial charge in [-0.05, 0) is 24.8 Å². The van der Waals surface area contributed by atoms with Crippen LogP contribution in [0.5, 0.6) is 0 Å². The van der Waals surface area contributed by atoms with Crippen LogP contribution in [-0.2, 0) is 11.3 Å². The maximum atomic E-state index is 10.5. The Morgan fingerprint density at radius 2 is 1.90 bits per heavy atom. The molecule has 1 unspecified atom stereocenters. The molecule has 0 aromatic heterocycles. The molecular weight excluding hydrogens is 262 g/mol. The molecule has 1 saturated heterocycles. The van der Waals surface area contributed by atoms with Gasteiger partial charge in [-0.2, -0.15) is 0 Å². The molecule has 0 bridgehead atoms. The van der Waals surface area contributed by atoms with Crippen molar-refractivity contribution < 1.29 is 9.84 Å². The summed E-state index contributed by atoms with van der Waals surface area (Å²) in [6.07, 6.45) is -0.575. The third-order valence-electron chi connectivity index (χ3n) is 4.36. The highest BCUT2D eigenvalue weighted by molar-refractivity contribution is 5.15. The summed E-state index contributed by atoms with van der Waals surface area (Å²) in [5, 5.41) is 10.5. The number of aliphatic hydroxyl groups excluding tert-OH is 1. The van der Waals surface area contributed by atoms with Crippen LogP contribution in [0.1, 0.15) is 40.2 Å². The first kappa shape index (κ1) is 16.5. The molecule has 21 heavy (non-hydrogen) atoms. The van der Waals surface area contributed by atoms with Gasteiger partial charge >= 0.3 is 0 Å². The minimum Gasteiger partial charge on any atom is -0.390 e. The third kappa shape index (κ3) is 4.06. The number of rotatable bonds is 3. The van der Waals surface area contributed by atoms with E-state index in [0.717, 1.165) is 13.1 Å². The van der Waals surface area contributed by atoms with Gasteiger partial charge in [-0.15, -0.1) is 0 Å². The third-order valence-corrected chi connectivity index (χ3v) is 4.36. The lowest BCUT2D eigenvalue weighted by molar-refractivity contribution is -0.160. The van der Waals surface area contributed by atoms with Gasteiger partial charge < -0.3 is 9.84 Å². The summed E-state index contributed by atoms with van der Waals surface area (Å²) < 4.78 is 5.96. The van der Waals surface area contributed by atoms with Crippen LogP contribution in [-0.4, -0.2) is 40.9 Å². The summed E-state index contributed by atoms with van der Waals surface area (Å²) in [5.41, 5.74) is 1.13. The van der Waals surface area contributed by atoms with Crippen molar-refractivity contribution >= 4 is 0 Å². The minimum atomic E-state index is -0.452. The van der Waals surface area contributed by atoms with Gasteiger partial charge in [0.2, 0.25) is 0 Å². The number of benzene rings is 1. The zero-order valence-electron chi connectivity index (χ0n) is 14.0. The number of morpholine rings is 1. The number of nitrogens with zero attached hydrogens (tertiary/aromatic N) is 1. The predicted octanol–water partition coefficient (Wildman–Crippen LogP) is 3.07. The lowest BCUT2D eigenvalue weighted by Crippen LogP contribution is -2.59. The molecule has 2 rings (SSSR count). The Morgan fingerprint density at radius 3 is 2.48 bits per heavy atom. The highest BCUT2D eigenvalue weighted by atomic mass is 16.5. The number of hydrogen-bond donors (Lipinski definition) is 1. The molecule has 1 aromatic rings. The smallest absolute Gasteiger partial charge is 0.0966 e. The molecule has 0 saturated carbocycles. The van der Waals surface area contributed by atoms with E-state index in [1.807, 2.05) is 6.07 Å². The van der Waals surface area contributed by atoms with E-state index >= 15 is 0 Å². The van der Waals surface area contributed by atoms with Crippen molar-refractivity contribution in [3.63, 3.8) is 0 Å². The normalized spacial score (nSPS) is 24.8. The zero-order chi connectivity index (χ0) is 15.7. The van der Waals surface area contributed by atoms with Gasteiger partial charge in [0.05, 0.1) is 18.8 Å². The summed E-state index contributed by atoms with van der Waals surface area (Å²) in [5.74, 6) is 0. The Hall–Kier alpha value is -0.900. The van der Waals surface area contributed by atoms with Crippen molar-refractivity contribution in [2.45, 2.75) is 58.9 Å². The number of hydrogen-bond acceptors (Lipinski definition) is 3. The number of aliphatic hydroxyl groups is 1. The zero-order valence-corrected chi connectivity index (χ0v) is 14.0. The Labute approximate surface area is 128 Å². The first-order valence-electron chi connectivity index (χ1n) is 7.79. The molecule has 0 amide bonds. The summed E-state index contributed by atoms with van der Waals surface area (Å²) in [6, 6.07) is 10.5. The molecule has 118 valence electrons. The molecule has 1 aromatic carbocycles. The Morgan fingerprint density at radius 1 is 1.29 bits per heavy atom.